The zero-order valence-electron chi connectivity index (χ0n) is 17.8. The van der Waals surface area contributed by atoms with Crippen molar-refractivity contribution < 1.29 is 19.2 Å². The van der Waals surface area contributed by atoms with Gasteiger partial charge in [0, 0.05) is 52.5 Å². The van der Waals surface area contributed by atoms with Gasteiger partial charge in [0.2, 0.25) is 23.6 Å². The minimum absolute atomic E-state index is 0.0130. The third-order valence-electron chi connectivity index (χ3n) is 5.26. The lowest BCUT2D eigenvalue weighted by Gasteiger charge is -2.39. The van der Waals surface area contributed by atoms with Gasteiger partial charge in [0.05, 0.1) is 0 Å². The van der Waals surface area contributed by atoms with Gasteiger partial charge in [0.1, 0.15) is 5.92 Å². The van der Waals surface area contributed by atoms with Crippen molar-refractivity contribution in [1.29, 1.82) is 0 Å². The van der Waals surface area contributed by atoms with Crippen molar-refractivity contribution in [1.82, 2.24) is 19.6 Å². The summed E-state index contributed by atoms with van der Waals surface area (Å²) < 4.78 is 0. The molecule has 0 N–H and O–H groups in total. The van der Waals surface area contributed by atoms with Crippen molar-refractivity contribution in [3.8, 4) is 0 Å². The lowest BCUT2D eigenvalue weighted by Crippen LogP contribution is -2.58. The fourth-order valence-corrected chi connectivity index (χ4v) is 3.85. The lowest BCUT2D eigenvalue weighted by atomic mass is 9.80. The van der Waals surface area contributed by atoms with Gasteiger partial charge in [-0.25, -0.2) is 0 Å². The number of hydrogen-bond acceptors (Lipinski definition) is 6. The normalized spacial score (nSPS) is 15.7. The van der Waals surface area contributed by atoms with E-state index in [2.05, 4.69) is 0 Å². The van der Waals surface area contributed by atoms with Crippen molar-refractivity contribution in [3.05, 3.63) is 34.9 Å². The van der Waals surface area contributed by atoms with Crippen LogP contribution in [0.5, 0.6) is 0 Å². The van der Waals surface area contributed by atoms with E-state index in [1.165, 1.54) is 49.8 Å². The number of carbonyl (C=O) groups is 4. The summed E-state index contributed by atoms with van der Waals surface area (Å²) in [6.07, 6.45) is -0.209. The Morgan fingerprint density at radius 3 is 2.16 bits per heavy atom. The van der Waals surface area contributed by atoms with Crippen LogP contribution in [0.15, 0.2) is 24.3 Å². The molecule has 1 aromatic carbocycles. The molecule has 0 aromatic heterocycles. The number of hydrogen-bond donors (Lipinski definition) is 0. The first kappa shape index (κ1) is 24.8. The Balaban J connectivity index is 2.45. The number of thiocarbonyl (C=S) groups is 2. The van der Waals surface area contributed by atoms with Crippen LogP contribution in [0.1, 0.15) is 24.8 Å². The molecule has 4 amide bonds. The summed E-state index contributed by atoms with van der Waals surface area (Å²) in [6.45, 7) is 1.33. The Kier molecular flexibility index (Phi) is 7.85. The Hall–Kier alpha value is -2.43. The van der Waals surface area contributed by atoms with Crippen molar-refractivity contribution in [2.45, 2.75) is 19.3 Å². The second-order valence-electron chi connectivity index (χ2n) is 7.23. The summed E-state index contributed by atoms with van der Waals surface area (Å²) in [5.74, 6) is -3.77. The maximum absolute atomic E-state index is 13.1. The molecule has 0 aliphatic carbocycles. The molecule has 0 saturated carbocycles. The molecule has 31 heavy (non-hydrogen) atoms. The molecule has 8 nitrogen and oxygen atoms in total. The van der Waals surface area contributed by atoms with Crippen LogP contribution in [0.4, 0.5) is 0 Å². The first-order valence-corrected chi connectivity index (χ1v) is 10.5. The van der Waals surface area contributed by atoms with Gasteiger partial charge < -0.3 is 0 Å². The van der Waals surface area contributed by atoms with E-state index in [0.29, 0.717) is 10.6 Å². The Morgan fingerprint density at radius 2 is 1.68 bits per heavy atom. The van der Waals surface area contributed by atoms with Crippen molar-refractivity contribution in [2.24, 2.45) is 5.92 Å². The van der Waals surface area contributed by atoms with E-state index >= 15 is 0 Å². The summed E-state index contributed by atoms with van der Waals surface area (Å²) in [7, 11) is 5.88. The van der Waals surface area contributed by atoms with Gasteiger partial charge >= 0.3 is 0 Å². The Bertz CT molecular complexity index is 946. The molecular formula is C20H23ClN4O4S2. The van der Waals surface area contributed by atoms with Crippen LogP contribution >= 0.6 is 36.0 Å². The van der Waals surface area contributed by atoms with Crippen LogP contribution in [0.3, 0.4) is 0 Å². The molecule has 0 spiro atoms. The molecule has 11 heteroatoms. The van der Waals surface area contributed by atoms with E-state index < -0.39 is 29.6 Å². The second-order valence-corrected chi connectivity index (χ2v) is 8.40. The third kappa shape index (κ3) is 5.08. The predicted octanol–water partition coefficient (Wildman–Crippen LogP) is 1.87. The summed E-state index contributed by atoms with van der Waals surface area (Å²) in [6, 6.07) is 6.66. The van der Waals surface area contributed by atoms with Crippen molar-refractivity contribution >= 4 is 69.9 Å². The fraction of sp³-hybridized carbons (Fsp3) is 0.400. The largest absolute Gasteiger partial charge is 0.292 e. The number of rotatable bonds is 4. The lowest BCUT2D eigenvalue weighted by molar-refractivity contribution is -0.147. The monoisotopic (exact) mass is 482 g/mol. The molecule has 166 valence electrons. The predicted molar refractivity (Wildman–Crippen MR) is 124 cm³/mol. The summed E-state index contributed by atoms with van der Waals surface area (Å²) >= 11 is 16.5. The minimum atomic E-state index is -1.17. The zero-order chi connectivity index (χ0) is 23.6. The van der Waals surface area contributed by atoms with Crippen LogP contribution < -0.4 is 0 Å². The molecule has 0 bridgehead atoms. The molecule has 1 heterocycles. The van der Waals surface area contributed by atoms with Gasteiger partial charge in [-0.2, -0.15) is 0 Å². The van der Waals surface area contributed by atoms with Crippen LogP contribution in [-0.2, 0) is 19.2 Å². The number of benzene rings is 1. The summed E-state index contributed by atoms with van der Waals surface area (Å²) in [5, 5.41) is 0.505. The smallest absolute Gasteiger partial charge is 0.241 e. The van der Waals surface area contributed by atoms with Gasteiger partial charge in [-0.15, -0.1) is 0 Å². The number of nitrogens with zero attached hydrogens (tertiary/aromatic N) is 4. The van der Waals surface area contributed by atoms with Gasteiger partial charge in [-0.05, 0) is 42.1 Å². The molecule has 1 aromatic rings. The Labute approximate surface area is 196 Å². The van der Waals surface area contributed by atoms with E-state index in [9.17, 15) is 19.2 Å². The molecule has 1 atom stereocenters. The average Bonchev–Trinajstić information content (AvgIpc) is 2.73. The Morgan fingerprint density at radius 1 is 1.13 bits per heavy atom. The zero-order valence-corrected chi connectivity index (χ0v) is 20.2. The molecule has 1 aliphatic rings. The van der Waals surface area contributed by atoms with Crippen molar-refractivity contribution in [3.63, 3.8) is 0 Å². The SMILES string of the molecule is CC(=O)N(C)C(=S)N(C)C(=O)C[C@H](c1cccc(Cl)c1)C1C(=O)N(C)C(=S)N(C)C1=O. The third-order valence-corrected chi connectivity index (χ3v) is 6.59. The standard InChI is InChI=1S/C20H23ClN4O4S2/c1-11(26)22(2)19(30)23(3)15(27)10-14(12-7-6-8-13(21)9-12)16-17(28)24(4)20(31)25(5)18(16)29/h6-9,14,16H,10H2,1-5H3/t14-/m1/s1. The number of amides is 4. The van der Waals surface area contributed by atoms with E-state index in [1.807, 2.05) is 0 Å². The van der Waals surface area contributed by atoms with E-state index in [0.717, 1.165) is 4.90 Å². The van der Waals surface area contributed by atoms with E-state index in [1.54, 1.807) is 24.3 Å². The number of halogens is 1. The average molecular weight is 483 g/mol. The summed E-state index contributed by atoms with van der Waals surface area (Å²) in [4.78, 5) is 55.5. The van der Waals surface area contributed by atoms with Gasteiger partial charge in [0.25, 0.3) is 0 Å². The number of carbonyl (C=O) groups excluding carboxylic acids is 4. The second kappa shape index (κ2) is 9.80. The first-order valence-electron chi connectivity index (χ1n) is 9.27. The highest BCUT2D eigenvalue weighted by Gasteiger charge is 2.46. The minimum Gasteiger partial charge on any atom is -0.292 e. The highest BCUT2D eigenvalue weighted by atomic mass is 35.5. The van der Waals surface area contributed by atoms with Gasteiger partial charge in [0.15, 0.2) is 10.2 Å². The van der Waals surface area contributed by atoms with Crippen LogP contribution in [-0.4, -0.2) is 81.6 Å². The maximum atomic E-state index is 13.1. The molecule has 0 unspecified atom stereocenters. The topological polar surface area (TPSA) is 81.2 Å². The van der Waals surface area contributed by atoms with E-state index in [4.69, 9.17) is 36.0 Å². The molecule has 1 aliphatic heterocycles. The summed E-state index contributed by atoms with van der Waals surface area (Å²) in [5.41, 5.74) is 0.557. The van der Waals surface area contributed by atoms with Gasteiger partial charge in [-0.3, -0.25) is 38.8 Å². The first-order chi connectivity index (χ1) is 14.4. The molecule has 2 rings (SSSR count). The molecular weight excluding hydrogens is 460 g/mol. The maximum Gasteiger partial charge on any atom is 0.241 e. The quantitative estimate of drug-likeness (QED) is 0.481. The van der Waals surface area contributed by atoms with Crippen molar-refractivity contribution in [2.75, 3.05) is 28.2 Å². The highest BCUT2D eigenvalue weighted by Crippen LogP contribution is 2.35. The van der Waals surface area contributed by atoms with E-state index in [-0.39, 0.29) is 22.6 Å². The molecule has 1 saturated heterocycles. The van der Waals surface area contributed by atoms with Gasteiger partial charge in [-0.1, -0.05) is 23.7 Å². The molecule has 0 radical (unpaired) electrons. The van der Waals surface area contributed by atoms with Crippen LogP contribution in [0, 0.1) is 5.92 Å². The fourth-order valence-electron chi connectivity index (χ4n) is 3.24. The van der Waals surface area contributed by atoms with Crippen LogP contribution in [0.25, 0.3) is 0 Å². The molecule has 1 fully saturated rings. The highest BCUT2D eigenvalue weighted by molar-refractivity contribution is 7.80. The van der Waals surface area contributed by atoms with Crippen LogP contribution in [0.2, 0.25) is 5.02 Å².